The molecule has 1 heterocycles. The van der Waals surface area contributed by atoms with Crippen LogP contribution in [0.4, 0.5) is 5.69 Å². The zero-order chi connectivity index (χ0) is 13.0. The van der Waals surface area contributed by atoms with Crippen LogP contribution in [0.3, 0.4) is 0 Å². The van der Waals surface area contributed by atoms with E-state index < -0.39 is 0 Å². The van der Waals surface area contributed by atoms with E-state index in [2.05, 4.69) is 5.32 Å². The second-order valence-electron chi connectivity index (χ2n) is 4.09. The molecule has 1 aliphatic rings. The molecule has 2 rings (SSSR count). The number of ether oxygens (including phenoxy) is 1. The Morgan fingerprint density at radius 2 is 2.44 bits per heavy atom. The van der Waals surface area contributed by atoms with Crippen LogP contribution in [0, 0.1) is 11.3 Å². The van der Waals surface area contributed by atoms with Crippen LogP contribution in [0.15, 0.2) is 18.2 Å². The number of benzene rings is 1. The summed E-state index contributed by atoms with van der Waals surface area (Å²) in [6.45, 7) is 1.72. The molecular weight excluding hydrogens is 230 g/mol. The Hall–Kier alpha value is -2.22. The first kappa shape index (κ1) is 12.2. The lowest BCUT2D eigenvalue weighted by molar-refractivity contribution is 0.0793. The van der Waals surface area contributed by atoms with Gasteiger partial charge in [0.05, 0.1) is 23.7 Å². The highest BCUT2D eigenvalue weighted by molar-refractivity contribution is 5.98. The number of fused-ring (bicyclic) bond motifs is 1. The fourth-order valence-corrected chi connectivity index (χ4v) is 1.86. The Morgan fingerprint density at radius 1 is 1.61 bits per heavy atom. The fraction of sp³-hybridized carbons (Fsp3) is 0.385. The first-order valence-corrected chi connectivity index (χ1v) is 5.86. The molecule has 0 atom stereocenters. The van der Waals surface area contributed by atoms with Gasteiger partial charge in [0.25, 0.3) is 5.91 Å². The molecule has 0 spiro atoms. The van der Waals surface area contributed by atoms with Gasteiger partial charge in [-0.15, -0.1) is 0 Å². The number of carbonyl (C=O) groups is 1. The first-order chi connectivity index (χ1) is 8.74. The van der Waals surface area contributed by atoms with Gasteiger partial charge in [0.2, 0.25) is 0 Å². The number of carbonyl (C=O) groups excluding carboxylic acids is 1. The summed E-state index contributed by atoms with van der Waals surface area (Å²) < 4.78 is 5.56. The van der Waals surface area contributed by atoms with Gasteiger partial charge in [-0.2, -0.15) is 5.26 Å². The van der Waals surface area contributed by atoms with Crippen molar-refractivity contribution in [3.05, 3.63) is 23.8 Å². The minimum Gasteiger partial charge on any atom is -0.489 e. The lowest BCUT2D eigenvalue weighted by atomic mass is 10.1. The van der Waals surface area contributed by atoms with E-state index in [9.17, 15) is 4.79 Å². The minimum absolute atomic E-state index is 0.120. The van der Waals surface area contributed by atoms with E-state index in [1.807, 2.05) is 18.2 Å². The number of amides is 1. The fourth-order valence-electron chi connectivity index (χ4n) is 1.86. The molecule has 1 N–H and O–H groups in total. The topological polar surface area (TPSA) is 65.4 Å². The number of rotatable bonds is 3. The molecule has 94 valence electrons. The Bertz CT molecular complexity index is 493. The Morgan fingerprint density at radius 3 is 3.22 bits per heavy atom. The summed E-state index contributed by atoms with van der Waals surface area (Å²) in [5.41, 5.74) is 1.39. The zero-order valence-corrected chi connectivity index (χ0v) is 10.3. The molecule has 0 radical (unpaired) electrons. The Kier molecular flexibility index (Phi) is 3.68. The van der Waals surface area contributed by atoms with Crippen LogP contribution < -0.4 is 10.1 Å². The molecule has 0 saturated carbocycles. The van der Waals surface area contributed by atoms with Crippen LogP contribution in [-0.4, -0.2) is 37.6 Å². The zero-order valence-electron chi connectivity index (χ0n) is 10.3. The predicted molar refractivity (Wildman–Crippen MR) is 67.6 cm³/mol. The van der Waals surface area contributed by atoms with Gasteiger partial charge in [0.15, 0.2) is 5.75 Å². The van der Waals surface area contributed by atoms with Crippen molar-refractivity contribution in [2.75, 3.05) is 32.1 Å². The number of para-hydroxylation sites is 1. The van der Waals surface area contributed by atoms with Crippen molar-refractivity contribution < 1.29 is 9.53 Å². The summed E-state index contributed by atoms with van der Waals surface area (Å²) in [4.78, 5) is 13.8. The third-order valence-corrected chi connectivity index (χ3v) is 2.82. The molecule has 0 aromatic heterocycles. The number of hydrogen-bond acceptors (Lipinski definition) is 4. The van der Waals surface area contributed by atoms with Crippen LogP contribution >= 0.6 is 0 Å². The summed E-state index contributed by atoms with van der Waals surface area (Å²) in [5, 5.41) is 11.7. The van der Waals surface area contributed by atoms with Gasteiger partial charge in [-0.1, -0.05) is 6.07 Å². The highest BCUT2D eigenvalue weighted by Gasteiger charge is 2.21. The van der Waals surface area contributed by atoms with E-state index in [1.54, 1.807) is 13.1 Å². The van der Waals surface area contributed by atoms with Gasteiger partial charge in [0.1, 0.15) is 6.61 Å². The highest BCUT2D eigenvalue weighted by atomic mass is 16.5. The Labute approximate surface area is 106 Å². The first-order valence-electron chi connectivity index (χ1n) is 5.86. The van der Waals surface area contributed by atoms with Crippen molar-refractivity contribution in [3.8, 4) is 11.8 Å². The van der Waals surface area contributed by atoms with Crippen molar-refractivity contribution in [2.45, 2.75) is 6.42 Å². The molecule has 1 aromatic rings. The molecule has 0 aliphatic carbocycles. The minimum atomic E-state index is -0.120. The van der Waals surface area contributed by atoms with E-state index in [4.69, 9.17) is 10.00 Å². The van der Waals surface area contributed by atoms with Gasteiger partial charge in [0, 0.05) is 20.1 Å². The van der Waals surface area contributed by atoms with Crippen LogP contribution in [0.25, 0.3) is 0 Å². The summed E-state index contributed by atoms with van der Waals surface area (Å²) in [7, 11) is 1.69. The van der Waals surface area contributed by atoms with Crippen molar-refractivity contribution in [1.29, 1.82) is 5.26 Å². The van der Waals surface area contributed by atoms with E-state index >= 15 is 0 Å². The molecule has 0 fully saturated rings. The van der Waals surface area contributed by atoms with Crippen LogP contribution in [-0.2, 0) is 0 Å². The molecule has 0 saturated heterocycles. The number of hydrogen-bond donors (Lipinski definition) is 1. The molecule has 18 heavy (non-hydrogen) atoms. The molecule has 0 unspecified atom stereocenters. The average molecular weight is 245 g/mol. The number of nitrogens with one attached hydrogen (secondary N) is 1. The molecule has 0 bridgehead atoms. The van der Waals surface area contributed by atoms with E-state index in [0.29, 0.717) is 30.9 Å². The van der Waals surface area contributed by atoms with Crippen molar-refractivity contribution in [2.24, 2.45) is 0 Å². The maximum atomic E-state index is 12.2. The lowest BCUT2D eigenvalue weighted by Gasteiger charge is -2.23. The molecule has 5 nitrogen and oxygen atoms in total. The van der Waals surface area contributed by atoms with Crippen molar-refractivity contribution in [1.82, 2.24) is 4.90 Å². The maximum absolute atomic E-state index is 12.2. The second-order valence-corrected chi connectivity index (χ2v) is 4.09. The predicted octanol–water partition coefficient (Wildman–Crippen LogP) is 1.48. The van der Waals surface area contributed by atoms with Gasteiger partial charge in [-0.05, 0) is 12.1 Å². The Balaban J connectivity index is 2.23. The molecule has 1 aromatic carbocycles. The smallest absolute Gasteiger partial charge is 0.257 e. The van der Waals surface area contributed by atoms with Crippen LogP contribution in [0.5, 0.6) is 5.75 Å². The maximum Gasteiger partial charge on any atom is 0.257 e. The summed E-state index contributed by atoms with van der Waals surface area (Å²) in [5.74, 6) is 0.489. The monoisotopic (exact) mass is 245 g/mol. The van der Waals surface area contributed by atoms with E-state index in [0.717, 1.165) is 12.2 Å². The average Bonchev–Trinajstić information content (AvgIpc) is 2.43. The third kappa shape index (κ3) is 2.38. The number of nitrogens with zero attached hydrogens (tertiary/aromatic N) is 2. The quantitative estimate of drug-likeness (QED) is 0.876. The molecule has 1 aliphatic heterocycles. The van der Waals surface area contributed by atoms with E-state index in [-0.39, 0.29) is 5.91 Å². The van der Waals surface area contributed by atoms with Crippen molar-refractivity contribution in [3.63, 3.8) is 0 Å². The van der Waals surface area contributed by atoms with E-state index in [1.165, 1.54) is 4.90 Å². The van der Waals surface area contributed by atoms with Gasteiger partial charge < -0.3 is 15.0 Å². The summed E-state index contributed by atoms with van der Waals surface area (Å²) >= 11 is 0. The third-order valence-electron chi connectivity index (χ3n) is 2.82. The van der Waals surface area contributed by atoms with Crippen LogP contribution in [0.1, 0.15) is 16.8 Å². The standard InChI is InChI=1S/C13H15N3O2/c1-16(8-3-6-14)13(17)10-4-2-5-11-12(10)18-9-7-15-11/h2,4-5,15H,3,7-9H2,1H3. The molecule has 5 heteroatoms. The normalized spacial score (nSPS) is 12.7. The lowest BCUT2D eigenvalue weighted by Crippen LogP contribution is -2.29. The summed E-state index contributed by atoms with van der Waals surface area (Å²) in [6, 6.07) is 7.49. The van der Waals surface area contributed by atoms with Gasteiger partial charge in [-0.25, -0.2) is 0 Å². The van der Waals surface area contributed by atoms with Gasteiger partial charge in [-0.3, -0.25) is 4.79 Å². The summed E-state index contributed by atoms with van der Waals surface area (Å²) in [6.07, 6.45) is 0.330. The largest absolute Gasteiger partial charge is 0.489 e. The van der Waals surface area contributed by atoms with Gasteiger partial charge >= 0.3 is 0 Å². The molecular formula is C13H15N3O2. The van der Waals surface area contributed by atoms with Crippen molar-refractivity contribution >= 4 is 11.6 Å². The molecule has 1 amide bonds. The second kappa shape index (κ2) is 5.41. The highest BCUT2D eigenvalue weighted by Crippen LogP contribution is 2.31. The number of nitriles is 1. The van der Waals surface area contributed by atoms with Crippen LogP contribution in [0.2, 0.25) is 0 Å². The SMILES string of the molecule is CN(CCC#N)C(=O)c1cccc2c1OCCN2. The number of anilines is 1.